The van der Waals surface area contributed by atoms with E-state index in [2.05, 4.69) is 5.32 Å². The van der Waals surface area contributed by atoms with Gasteiger partial charge < -0.3 is 19.2 Å². The maximum atomic E-state index is 12.1. The van der Waals surface area contributed by atoms with E-state index in [1.165, 1.54) is 6.26 Å². The number of ether oxygens (including phenoxy) is 2. The first-order chi connectivity index (χ1) is 14.2. The number of rotatable bonds is 6. The highest BCUT2D eigenvalue weighted by Gasteiger charge is 2.13. The van der Waals surface area contributed by atoms with Gasteiger partial charge in [0.05, 0.1) is 26.2 Å². The van der Waals surface area contributed by atoms with Crippen LogP contribution in [0.1, 0.15) is 10.6 Å². The van der Waals surface area contributed by atoms with Crippen LogP contribution in [0.5, 0.6) is 11.5 Å². The van der Waals surface area contributed by atoms with Gasteiger partial charge >= 0.3 is 0 Å². The summed E-state index contributed by atoms with van der Waals surface area (Å²) in [7, 11) is 3.25. The third-order valence-electron chi connectivity index (χ3n) is 4.32. The molecule has 0 unspecified atom stereocenters. The number of methoxy groups -OCH3 is 2. The summed E-state index contributed by atoms with van der Waals surface area (Å²) in [6.07, 6.45) is 1.47. The summed E-state index contributed by atoms with van der Waals surface area (Å²) >= 11 is 1.54. The van der Waals surface area contributed by atoms with E-state index in [0.29, 0.717) is 11.4 Å². The lowest BCUT2D eigenvalue weighted by molar-refractivity contribution is 0.0996. The van der Waals surface area contributed by atoms with Gasteiger partial charge in [0, 0.05) is 28.3 Å². The molecular formula is C22H18N2O4S. The summed E-state index contributed by atoms with van der Waals surface area (Å²) in [5.41, 5.74) is 3.38. The molecule has 29 heavy (non-hydrogen) atoms. The third-order valence-corrected chi connectivity index (χ3v) is 5.21. The van der Waals surface area contributed by atoms with Gasteiger partial charge in [-0.05, 0) is 48.5 Å². The molecule has 2 heterocycles. The molecule has 4 aromatic rings. The van der Waals surface area contributed by atoms with Crippen LogP contribution in [0.25, 0.3) is 21.8 Å². The van der Waals surface area contributed by atoms with Crippen LogP contribution in [-0.2, 0) is 0 Å². The van der Waals surface area contributed by atoms with Crippen molar-refractivity contribution < 1.29 is 18.7 Å². The van der Waals surface area contributed by atoms with Crippen LogP contribution in [0.2, 0.25) is 0 Å². The molecule has 2 aromatic carbocycles. The van der Waals surface area contributed by atoms with Gasteiger partial charge in [-0.1, -0.05) is 0 Å². The Balaban J connectivity index is 1.53. The topological polar surface area (TPSA) is 73.6 Å². The summed E-state index contributed by atoms with van der Waals surface area (Å²) in [6, 6.07) is 16.5. The molecule has 4 rings (SSSR count). The zero-order chi connectivity index (χ0) is 20.2. The molecule has 6 nitrogen and oxygen atoms in total. The van der Waals surface area contributed by atoms with Crippen LogP contribution in [0.4, 0.5) is 5.69 Å². The van der Waals surface area contributed by atoms with Crippen molar-refractivity contribution in [2.75, 3.05) is 19.5 Å². The number of nitrogens with zero attached hydrogens (tertiary/aromatic N) is 1. The molecule has 146 valence electrons. The zero-order valence-corrected chi connectivity index (χ0v) is 16.7. The monoisotopic (exact) mass is 406 g/mol. The molecule has 0 bridgehead atoms. The number of hydrogen-bond donors (Lipinski definition) is 1. The molecular weight excluding hydrogens is 388 g/mol. The van der Waals surface area contributed by atoms with E-state index < -0.39 is 0 Å². The fourth-order valence-corrected chi connectivity index (χ4v) is 3.66. The quantitative estimate of drug-likeness (QED) is 0.468. The average Bonchev–Trinajstić information content (AvgIpc) is 3.46. The number of carbonyl (C=O) groups is 1. The molecule has 1 N–H and O–H groups in total. The first kappa shape index (κ1) is 18.8. The van der Waals surface area contributed by atoms with Crippen molar-refractivity contribution in [3.8, 4) is 33.3 Å². The number of benzene rings is 2. The van der Waals surface area contributed by atoms with E-state index in [4.69, 9.17) is 18.9 Å². The van der Waals surface area contributed by atoms with Gasteiger partial charge in [0.2, 0.25) is 0 Å². The second-order valence-corrected chi connectivity index (χ2v) is 6.97. The highest BCUT2D eigenvalue weighted by Crippen LogP contribution is 2.36. The van der Waals surface area contributed by atoms with Crippen LogP contribution in [-0.4, -0.2) is 25.1 Å². The first-order valence-corrected chi connectivity index (χ1v) is 9.69. The number of aromatic nitrogens is 1. The Kier molecular flexibility index (Phi) is 5.31. The fraction of sp³-hybridized carbons (Fsp3) is 0.0909. The Morgan fingerprint density at radius 2 is 1.90 bits per heavy atom. The summed E-state index contributed by atoms with van der Waals surface area (Å²) in [5, 5.41) is 5.67. The van der Waals surface area contributed by atoms with Crippen LogP contribution in [0, 0.1) is 0 Å². The minimum atomic E-state index is -0.286. The third kappa shape index (κ3) is 4.00. The van der Waals surface area contributed by atoms with Crippen LogP contribution in [0.15, 0.2) is 70.7 Å². The number of anilines is 1. The van der Waals surface area contributed by atoms with Gasteiger partial charge in [-0.25, -0.2) is 4.98 Å². The van der Waals surface area contributed by atoms with E-state index in [0.717, 1.165) is 27.6 Å². The SMILES string of the molecule is COc1ccc(-c2csc(-c3ccc(NC(=O)c4ccco4)cc3)n2)c(OC)c1. The molecule has 0 atom stereocenters. The van der Waals surface area contributed by atoms with Crippen molar-refractivity contribution in [3.63, 3.8) is 0 Å². The molecule has 0 saturated heterocycles. The minimum absolute atomic E-state index is 0.270. The van der Waals surface area contributed by atoms with E-state index in [-0.39, 0.29) is 11.7 Å². The van der Waals surface area contributed by atoms with E-state index in [9.17, 15) is 4.79 Å². The Bertz CT molecular complexity index is 1120. The predicted molar refractivity (Wildman–Crippen MR) is 113 cm³/mol. The zero-order valence-electron chi connectivity index (χ0n) is 15.8. The Hall–Kier alpha value is -3.58. The highest BCUT2D eigenvalue weighted by molar-refractivity contribution is 7.13. The van der Waals surface area contributed by atoms with Crippen molar-refractivity contribution in [3.05, 3.63) is 72.0 Å². The van der Waals surface area contributed by atoms with Crippen molar-refractivity contribution in [1.29, 1.82) is 0 Å². The average molecular weight is 406 g/mol. The summed E-state index contributed by atoms with van der Waals surface area (Å²) in [5.74, 6) is 1.42. The number of thiazole rings is 1. The lowest BCUT2D eigenvalue weighted by Gasteiger charge is -2.08. The molecule has 0 fully saturated rings. The van der Waals surface area contributed by atoms with Gasteiger partial charge in [-0.15, -0.1) is 11.3 Å². The largest absolute Gasteiger partial charge is 0.497 e. The van der Waals surface area contributed by atoms with Gasteiger partial charge in [-0.2, -0.15) is 0 Å². The van der Waals surface area contributed by atoms with Crippen LogP contribution >= 0.6 is 11.3 Å². The normalized spacial score (nSPS) is 10.6. The maximum Gasteiger partial charge on any atom is 0.291 e. The molecule has 0 saturated carbocycles. The molecule has 2 aromatic heterocycles. The van der Waals surface area contributed by atoms with Crippen molar-refractivity contribution in [2.45, 2.75) is 0 Å². The highest BCUT2D eigenvalue weighted by atomic mass is 32.1. The lowest BCUT2D eigenvalue weighted by atomic mass is 10.1. The number of carbonyl (C=O) groups excluding carboxylic acids is 1. The molecule has 0 radical (unpaired) electrons. The Morgan fingerprint density at radius 3 is 2.59 bits per heavy atom. The predicted octanol–water partition coefficient (Wildman–Crippen LogP) is 5.34. The van der Waals surface area contributed by atoms with Gasteiger partial charge in [0.15, 0.2) is 5.76 Å². The minimum Gasteiger partial charge on any atom is -0.497 e. The second kappa shape index (κ2) is 8.20. The molecule has 7 heteroatoms. The summed E-state index contributed by atoms with van der Waals surface area (Å²) < 4.78 is 15.8. The number of amides is 1. The first-order valence-electron chi connectivity index (χ1n) is 8.81. The number of nitrogens with one attached hydrogen (secondary N) is 1. The van der Waals surface area contributed by atoms with Gasteiger partial charge in [0.1, 0.15) is 16.5 Å². The van der Waals surface area contributed by atoms with Gasteiger partial charge in [-0.3, -0.25) is 4.79 Å². The Morgan fingerprint density at radius 1 is 1.07 bits per heavy atom. The summed E-state index contributed by atoms with van der Waals surface area (Å²) in [6.45, 7) is 0. The molecule has 1 amide bonds. The van der Waals surface area contributed by atoms with Crippen molar-refractivity contribution in [2.24, 2.45) is 0 Å². The van der Waals surface area contributed by atoms with E-state index in [1.54, 1.807) is 37.7 Å². The molecule has 0 aliphatic carbocycles. The van der Waals surface area contributed by atoms with Gasteiger partial charge in [0.25, 0.3) is 5.91 Å². The lowest BCUT2D eigenvalue weighted by Crippen LogP contribution is -2.10. The second-order valence-electron chi connectivity index (χ2n) is 6.11. The Labute approximate surface area is 171 Å². The van der Waals surface area contributed by atoms with E-state index in [1.807, 2.05) is 47.8 Å². The van der Waals surface area contributed by atoms with Crippen molar-refractivity contribution in [1.82, 2.24) is 4.98 Å². The number of hydrogen-bond acceptors (Lipinski definition) is 6. The van der Waals surface area contributed by atoms with Crippen LogP contribution < -0.4 is 14.8 Å². The fourth-order valence-electron chi connectivity index (χ4n) is 2.84. The van der Waals surface area contributed by atoms with Crippen LogP contribution in [0.3, 0.4) is 0 Å². The smallest absolute Gasteiger partial charge is 0.291 e. The maximum absolute atomic E-state index is 12.1. The molecule has 0 aliphatic heterocycles. The molecule has 0 aliphatic rings. The summed E-state index contributed by atoms with van der Waals surface area (Å²) in [4.78, 5) is 16.8. The number of furan rings is 1. The van der Waals surface area contributed by atoms with Crippen molar-refractivity contribution >= 4 is 22.9 Å². The standard InChI is InChI=1S/C22H18N2O4S/c1-26-16-9-10-17(20(12-16)27-2)18-13-29-22(24-18)14-5-7-15(8-6-14)23-21(25)19-4-3-11-28-19/h3-13H,1-2H3,(H,23,25). The molecule has 0 spiro atoms. The van der Waals surface area contributed by atoms with E-state index >= 15 is 0 Å².